The van der Waals surface area contributed by atoms with E-state index in [-0.39, 0.29) is 5.56 Å². The van der Waals surface area contributed by atoms with Gasteiger partial charge in [-0.1, -0.05) is 6.92 Å². The van der Waals surface area contributed by atoms with Gasteiger partial charge in [0.1, 0.15) is 5.56 Å². The SMILES string of the molecule is CCc1ccc(CNc2nnc(C)c(C)c2C(=O)O)s1. The minimum Gasteiger partial charge on any atom is -0.478 e. The zero-order chi connectivity index (χ0) is 14.7. The predicted molar refractivity (Wildman–Crippen MR) is 79.5 cm³/mol. The van der Waals surface area contributed by atoms with Gasteiger partial charge in [0.25, 0.3) is 0 Å². The van der Waals surface area contributed by atoms with Crippen LogP contribution in [0.1, 0.15) is 38.3 Å². The highest BCUT2D eigenvalue weighted by atomic mass is 32.1. The lowest BCUT2D eigenvalue weighted by Gasteiger charge is -2.10. The van der Waals surface area contributed by atoms with Gasteiger partial charge in [-0.05, 0) is 38.0 Å². The second-order valence-corrected chi connectivity index (χ2v) is 5.77. The van der Waals surface area contributed by atoms with Gasteiger partial charge in [0, 0.05) is 9.75 Å². The number of nitrogens with zero attached hydrogens (tertiary/aromatic N) is 2. The number of carbonyl (C=O) groups is 1. The zero-order valence-electron chi connectivity index (χ0n) is 11.7. The van der Waals surface area contributed by atoms with Crippen molar-refractivity contribution in [2.24, 2.45) is 0 Å². The van der Waals surface area contributed by atoms with E-state index in [0.29, 0.717) is 23.6 Å². The summed E-state index contributed by atoms with van der Waals surface area (Å²) in [6.07, 6.45) is 1.01. The van der Waals surface area contributed by atoms with Crippen LogP contribution in [-0.4, -0.2) is 21.3 Å². The van der Waals surface area contributed by atoms with Crippen molar-refractivity contribution in [3.05, 3.63) is 38.7 Å². The molecule has 2 heterocycles. The molecule has 0 aliphatic carbocycles. The topological polar surface area (TPSA) is 75.1 Å². The first-order valence-electron chi connectivity index (χ1n) is 6.41. The molecule has 0 amide bonds. The molecule has 0 unspecified atom stereocenters. The van der Waals surface area contributed by atoms with Crippen molar-refractivity contribution in [3.63, 3.8) is 0 Å². The molecule has 0 saturated carbocycles. The Morgan fingerprint density at radius 2 is 2.00 bits per heavy atom. The standard InChI is InChI=1S/C14H17N3O2S/c1-4-10-5-6-11(20-10)7-15-13-12(14(18)19)8(2)9(3)16-17-13/h5-6H,4,7H2,1-3H3,(H,15,17)(H,18,19). The van der Waals surface area contributed by atoms with E-state index < -0.39 is 5.97 Å². The number of hydrogen-bond donors (Lipinski definition) is 2. The van der Waals surface area contributed by atoms with E-state index in [1.165, 1.54) is 4.88 Å². The van der Waals surface area contributed by atoms with Crippen molar-refractivity contribution >= 4 is 23.1 Å². The fourth-order valence-electron chi connectivity index (χ4n) is 1.87. The van der Waals surface area contributed by atoms with Crippen molar-refractivity contribution in [1.29, 1.82) is 0 Å². The molecule has 2 rings (SSSR count). The van der Waals surface area contributed by atoms with Gasteiger partial charge in [0.15, 0.2) is 5.82 Å². The van der Waals surface area contributed by atoms with Crippen LogP contribution in [0.2, 0.25) is 0 Å². The first-order valence-corrected chi connectivity index (χ1v) is 7.23. The van der Waals surface area contributed by atoms with Crippen molar-refractivity contribution in [2.45, 2.75) is 33.7 Å². The van der Waals surface area contributed by atoms with Gasteiger partial charge in [-0.25, -0.2) is 4.79 Å². The van der Waals surface area contributed by atoms with E-state index in [1.807, 2.05) is 6.07 Å². The normalized spacial score (nSPS) is 10.6. The number of aromatic carboxylic acids is 1. The zero-order valence-corrected chi connectivity index (χ0v) is 12.5. The average Bonchev–Trinajstić information content (AvgIpc) is 2.87. The number of thiophene rings is 1. The molecule has 0 spiro atoms. The monoisotopic (exact) mass is 291 g/mol. The number of nitrogens with one attached hydrogen (secondary N) is 1. The number of carboxylic acids is 1. The third-order valence-corrected chi connectivity index (χ3v) is 4.39. The quantitative estimate of drug-likeness (QED) is 0.885. The fraction of sp³-hybridized carbons (Fsp3) is 0.357. The molecule has 2 N–H and O–H groups in total. The van der Waals surface area contributed by atoms with E-state index in [0.717, 1.165) is 11.3 Å². The van der Waals surface area contributed by atoms with Crippen LogP contribution in [0, 0.1) is 13.8 Å². The molecule has 0 radical (unpaired) electrons. The van der Waals surface area contributed by atoms with Crippen molar-refractivity contribution in [3.8, 4) is 0 Å². The highest BCUT2D eigenvalue weighted by Crippen LogP contribution is 2.21. The van der Waals surface area contributed by atoms with Gasteiger partial charge in [-0.3, -0.25) is 0 Å². The Balaban J connectivity index is 2.21. The molecule has 0 saturated heterocycles. The van der Waals surface area contributed by atoms with E-state index >= 15 is 0 Å². The van der Waals surface area contributed by atoms with E-state index in [2.05, 4.69) is 28.5 Å². The molecule has 0 aromatic carbocycles. The van der Waals surface area contributed by atoms with Gasteiger partial charge < -0.3 is 10.4 Å². The summed E-state index contributed by atoms with van der Waals surface area (Å²) < 4.78 is 0. The Labute approximate surface area is 121 Å². The summed E-state index contributed by atoms with van der Waals surface area (Å²) in [5.41, 5.74) is 1.48. The summed E-state index contributed by atoms with van der Waals surface area (Å²) in [4.78, 5) is 13.8. The molecule has 20 heavy (non-hydrogen) atoms. The van der Waals surface area contributed by atoms with Crippen molar-refractivity contribution in [1.82, 2.24) is 10.2 Å². The number of aromatic nitrogens is 2. The van der Waals surface area contributed by atoms with Gasteiger partial charge in [0.2, 0.25) is 0 Å². The van der Waals surface area contributed by atoms with Crippen LogP contribution in [-0.2, 0) is 13.0 Å². The molecule has 0 fully saturated rings. The third kappa shape index (κ3) is 2.96. The number of rotatable bonds is 5. The largest absolute Gasteiger partial charge is 0.478 e. The fourth-order valence-corrected chi connectivity index (χ4v) is 2.77. The lowest BCUT2D eigenvalue weighted by atomic mass is 10.1. The number of aryl methyl sites for hydroxylation is 2. The highest BCUT2D eigenvalue weighted by Gasteiger charge is 2.17. The van der Waals surface area contributed by atoms with Crippen molar-refractivity contribution < 1.29 is 9.90 Å². The Morgan fingerprint density at radius 1 is 1.30 bits per heavy atom. The van der Waals surface area contributed by atoms with Crippen LogP contribution in [0.25, 0.3) is 0 Å². The van der Waals surface area contributed by atoms with Crippen LogP contribution in [0.4, 0.5) is 5.82 Å². The van der Waals surface area contributed by atoms with Crippen LogP contribution < -0.4 is 5.32 Å². The molecule has 2 aromatic heterocycles. The van der Waals surface area contributed by atoms with Gasteiger partial charge >= 0.3 is 5.97 Å². The van der Waals surface area contributed by atoms with E-state index in [4.69, 9.17) is 0 Å². The summed E-state index contributed by atoms with van der Waals surface area (Å²) in [5, 5.41) is 20.3. The van der Waals surface area contributed by atoms with Crippen LogP contribution in [0.3, 0.4) is 0 Å². The molecule has 106 valence electrons. The maximum absolute atomic E-state index is 11.4. The summed E-state index contributed by atoms with van der Waals surface area (Å²) in [7, 11) is 0. The number of carboxylic acid groups (broad SMARTS) is 1. The van der Waals surface area contributed by atoms with Crippen LogP contribution >= 0.6 is 11.3 Å². The smallest absolute Gasteiger partial charge is 0.339 e. The first-order chi connectivity index (χ1) is 9.52. The molecule has 0 aliphatic heterocycles. The minimum absolute atomic E-state index is 0.199. The Kier molecular flexibility index (Phi) is 4.34. The van der Waals surface area contributed by atoms with Gasteiger partial charge in [0.05, 0.1) is 12.2 Å². The Morgan fingerprint density at radius 3 is 2.60 bits per heavy atom. The number of anilines is 1. The molecule has 5 nitrogen and oxygen atoms in total. The summed E-state index contributed by atoms with van der Waals surface area (Å²) in [5.74, 6) is -0.657. The second kappa shape index (κ2) is 6.00. The maximum atomic E-state index is 11.4. The lowest BCUT2D eigenvalue weighted by molar-refractivity contribution is 0.0696. The Hall–Kier alpha value is -1.95. The molecule has 0 aliphatic rings. The summed E-state index contributed by atoms with van der Waals surface area (Å²) >= 11 is 1.72. The molecule has 0 atom stereocenters. The lowest BCUT2D eigenvalue weighted by Crippen LogP contribution is -2.12. The number of hydrogen-bond acceptors (Lipinski definition) is 5. The Bertz CT molecular complexity index is 637. The predicted octanol–water partition coefficient (Wildman–Crippen LogP) is 3.03. The molecular formula is C14H17N3O2S. The summed E-state index contributed by atoms with van der Waals surface area (Å²) in [6.45, 7) is 6.17. The molecular weight excluding hydrogens is 274 g/mol. The van der Waals surface area contributed by atoms with Gasteiger partial charge in [-0.15, -0.1) is 16.4 Å². The third-order valence-electron chi connectivity index (χ3n) is 3.16. The van der Waals surface area contributed by atoms with Gasteiger partial charge in [-0.2, -0.15) is 5.10 Å². The summed E-state index contributed by atoms with van der Waals surface area (Å²) in [6, 6.07) is 4.14. The molecule has 6 heteroatoms. The average molecular weight is 291 g/mol. The van der Waals surface area contributed by atoms with Crippen LogP contribution in [0.15, 0.2) is 12.1 Å². The van der Waals surface area contributed by atoms with Crippen LogP contribution in [0.5, 0.6) is 0 Å². The van der Waals surface area contributed by atoms with E-state index in [9.17, 15) is 9.90 Å². The van der Waals surface area contributed by atoms with E-state index in [1.54, 1.807) is 25.2 Å². The van der Waals surface area contributed by atoms with Crippen molar-refractivity contribution in [2.75, 3.05) is 5.32 Å². The highest BCUT2D eigenvalue weighted by molar-refractivity contribution is 7.12. The maximum Gasteiger partial charge on any atom is 0.339 e. The first kappa shape index (κ1) is 14.5. The molecule has 2 aromatic rings. The second-order valence-electron chi connectivity index (χ2n) is 4.51. The molecule has 0 bridgehead atoms. The minimum atomic E-state index is -0.983.